The van der Waals surface area contributed by atoms with Crippen LogP contribution in [0.4, 0.5) is 0 Å². The van der Waals surface area contributed by atoms with Crippen LogP contribution in [0.2, 0.25) is 0 Å². The van der Waals surface area contributed by atoms with Gasteiger partial charge in [0.25, 0.3) is 0 Å². The summed E-state index contributed by atoms with van der Waals surface area (Å²) >= 11 is 0. The monoisotopic (exact) mass is 639 g/mol. The van der Waals surface area contributed by atoms with Crippen LogP contribution in [-0.4, -0.2) is 14.5 Å². The summed E-state index contributed by atoms with van der Waals surface area (Å²) in [6.07, 6.45) is 0. The predicted octanol–water partition coefficient (Wildman–Crippen LogP) is 12.0. The molecule has 10 rings (SSSR count). The van der Waals surface area contributed by atoms with Gasteiger partial charge in [0, 0.05) is 33.0 Å². The van der Waals surface area contributed by atoms with Crippen LogP contribution in [-0.2, 0) is 5.41 Å². The molecule has 0 radical (unpaired) electrons. The number of fused-ring (bicyclic) bond motifs is 7. The summed E-state index contributed by atoms with van der Waals surface area (Å²) < 4.78 is 2.25. The number of nitrogens with zero attached hydrogens (tertiary/aromatic N) is 3. The van der Waals surface area contributed by atoms with Gasteiger partial charge in [0.1, 0.15) is 5.82 Å². The molecule has 2 aromatic heterocycles. The van der Waals surface area contributed by atoms with E-state index in [-0.39, 0.29) is 5.41 Å². The van der Waals surface area contributed by atoms with Crippen LogP contribution >= 0.6 is 0 Å². The molecule has 3 heteroatoms. The van der Waals surface area contributed by atoms with Gasteiger partial charge in [0.2, 0.25) is 0 Å². The summed E-state index contributed by atoms with van der Waals surface area (Å²) in [4.78, 5) is 10.3. The zero-order chi connectivity index (χ0) is 33.4. The topological polar surface area (TPSA) is 30.7 Å². The van der Waals surface area contributed by atoms with Crippen LogP contribution in [0.1, 0.15) is 25.0 Å². The smallest absolute Gasteiger partial charge is 0.145 e. The Kier molecular flexibility index (Phi) is 6.22. The molecule has 2 heterocycles. The number of rotatable bonds is 4. The van der Waals surface area contributed by atoms with E-state index in [9.17, 15) is 0 Å². The Hall–Kier alpha value is -6.32. The predicted molar refractivity (Wildman–Crippen MR) is 208 cm³/mol. The molecule has 0 aliphatic heterocycles. The highest BCUT2D eigenvalue weighted by Crippen LogP contribution is 2.51. The van der Waals surface area contributed by atoms with E-state index in [1.807, 2.05) is 12.1 Å². The summed E-state index contributed by atoms with van der Waals surface area (Å²) in [6.45, 7) is 4.69. The zero-order valence-corrected chi connectivity index (χ0v) is 27.9. The first-order valence-corrected chi connectivity index (χ1v) is 17.3. The van der Waals surface area contributed by atoms with Crippen molar-refractivity contribution in [1.82, 2.24) is 14.5 Å². The molecular formula is C47H33N3. The number of para-hydroxylation sites is 3. The van der Waals surface area contributed by atoms with E-state index in [2.05, 4.69) is 170 Å². The Bertz CT molecular complexity index is 2750. The first-order chi connectivity index (χ1) is 24.5. The zero-order valence-electron chi connectivity index (χ0n) is 27.9. The molecule has 0 amide bonds. The van der Waals surface area contributed by atoms with Crippen molar-refractivity contribution < 1.29 is 0 Å². The molecule has 0 saturated heterocycles. The molecule has 236 valence electrons. The Morgan fingerprint density at radius 1 is 0.440 bits per heavy atom. The molecule has 0 saturated carbocycles. The first kappa shape index (κ1) is 28.7. The minimum Gasteiger partial charge on any atom is -0.292 e. The molecule has 0 fully saturated rings. The summed E-state index contributed by atoms with van der Waals surface area (Å²) in [7, 11) is 0. The van der Waals surface area contributed by atoms with Crippen molar-refractivity contribution in [1.29, 1.82) is 0 Å². The maximum Gasteiger partial charge on any atom is 0.145 e. The number of hydrogen-bond donors (Lipinski definition) is 0. The van der Waals surface area contributed by atoms with Crippen molar-refractivity contribution in [2.45, 2.75) is 19.3 Å². The fourth-order valence-electron chi connectivity index (χ4n) is 8.06. The Labute approximate surface area is 291 Å². The fourth-order valence-corrected chi connectivity index (χ4v) is 8.06. The summed E-state index contributed by atoms with van der Waals surface area (Å²) in [5.74, 6) is 0.942. The second kappa shape index (κ2) is 10.8. The van der Waals surface area contributed by atoms with Gasteiger partial charge in [-0.3, -0.25) is 4.57 Å². The minimum atomic E-state index is -0.0795. The third-order valence-corrected chi connectivity index (χ3v) is 10.6. The summed E-state index contributed by atoms with van der Waals surface area (Å²) in [6, 6.07) is 58.7. The second-order valence-corrected chi connectivity index (χ2v) is 13.8. The van der Waals surface area contributed by atoms with E-state index < -0.39 is 0 Å². The molecule has 3 nitrogen and oxygen atoms in total. The number of imidazole rings is 1. The molecule has 0 unspecified atom stereocenters. The van der Waals surface area contributed by atoms with Gasteiger partial charge >= 0.3 is 0 Å². The average molecular weight is 640 g/mol. The normalized spacial score (nSPS) is 13.2. The van der Waals surface area contributed by atoms with Gasteiger partial charge in [0.15, 0.2) is 0 Å². The highest BCUT2D eigenvalue weighted by atomic mass is 15.1. The van der Waals surface area contributed by atoms with Crippen LogP contribution in [0.15, 0.2) is 164 Å². The molecule has 9 aromatic rings. The van der Waals surface area contributed by atoms with E-state index in [1.54, 1.807) is 0 Å². The van der Waals surface area contributed by atoms with Crippen LogP contribution in [0, 0.1) is 0 Å². The molecule has 0 atom stereocenters. The van der Waals surface area contributed by atoms with Crippen molar-refractivity contribution in [2.24, 2.45) is 0 Å². The van der Waals surface area contributed by atoms with Gasteiger partial charge in [0.05, 0.1) is 22.2 Å². The van der Waals surface area contributed by atoms with Crippen molar-refractivity contribution >= 4 is 32.7 Å². The van der Waals surface area contributed by atoms with Gasteiger partial charge < -0.3 is 0 Å². The average Bonchev–Trinajstić information content (AvgIpc) is 3.67. The standard InChI is InChI=1S/C47H33N3/c1-47(2)40-16-8-6-14-35(40)38-28-37-36-15-7-9-17-42(36)48-45(39(37)29-41(38)47)32-22-20-30(21-23-32)31-24-26-34(27-25-31)50-44-19-11-10-18-43(44)49-46(50)33-12-4-3-5-13-33/h3-29H,1-2H3. The lowest BCUT2D eigenvalue weighted by atomic mass is 9.81. The molecule has 0 bridgehead atoms. The number of aromatic nitrogens is 3. The molecule has 0 N–H and O–H groups in total. The van der Waals surface area contributed by atoms with Gasteiger partial charge in [-0.25, -0.2) is 9.97 Å². The molecule has 0 spiro atoms. The summed E-state index contributed by atoms with van der Waals surface area (Å²) in [5, 5.41) is 3.63. The summed E-state index contributed by atoms with van der Waals surface area (Å²) in [5.41, 5.74) is 15.1. The maximum absolute atomic E-state index is 5.29. The number of hydrogen-bond acceptors (Lipinski definition) is 2. The lowest BCUT2D eigenvalue weighted by Crippen LogP contribution is -2.14. The third kappa shape index (κ3) is 4.30. The lowest BCUT2D eigenvalue weighted by molar-refractivity contribution is 0.661. The van der Waals surface area contributed by atoms with E-state index in [0.717, 1.165) is 44.9 Å². The first-order valence-electron chi connectivity index (χ1n) is 17.3. The van der Waals surface area contributed by atoms with Gasteiger partial charge in [-0.1, -0.05) is 135 Å². The van der Waals surface area contributed by atoms with Gasteiger partial charge in [-0.2, -0.15) is 0 Å². The van der Waals surface area contributed by atoms with Crippen LogP contribution in [0.5, 0.6) is 0 Å². The van der Waals surface area contributed by atoms with E-state index >= 15 is 0 Å². The highest BCUT2D eigenvalue weighted by molar-refractivity contribution is 6.13. The lowest BCUT2D eigenvalue weighted by Gasteiger charge is -2.22. The molecule has 50 heavy (non-hydrogen) atoms. The van der Waals surface area contributed by atoms with E-state index in [1.165, 1.54) is 49.5 Å². The Morgan fingerprint density at radius 3 is 1.88 bits per heavy atom. The van der Waals surface area contributed by atoms with Crippen molar-refractivity contribution in [2.75, 3.05) is 0 Å². The van der Waals surface area contributed by atoms with Crippen molar-refractivity contribution in [3.63, 3.8) is 0 Å². The van der Waals surface area contributed by atoms with E-state index in [0.29, 0.717) is 0 Å². The number of benzene rings is 7. The van der Waals surface area contributed by atoms with E-state index in [4.69, 9.17) is 9.97 Å². The van der Waals surface area contributed by atoms with Gasteiger partial charge in [-0.05, 0) is 81.2 Å². The maximum atomic E-state index is 5.29. The minimum absolute atomic E-state index is 0.0795. The second-order valence-electron chi connectivity index (χ2n) is 13.8. The van der Waals surface area contributed by atoms with Crippen LogP contribution in [0.25, 0.3) is 83.3 Å². The molecular weight excluding hydrogens is 607 g/mol. The number of pyridine rings is 1. The van der Waals surface area contributed by atoms with Crippen molar-refractivity contribution in [3.8, 4) is 50.6 Å². The fraction of sp³-hybridized carbons (Fsp3) is 0.0638. The SMILES string of the molecule is CC1(C)c2ccccc2-c2cc3c(cc21)c(-c1ccc(-c2ccc(-n4c(-c5ccccc5)nc5ccccc54)cc2)cc1)nc1ccccc13. The van der Waals surface area contributed by atoms with Crippen LogP contribution < -0.4 is 0 Å². The Morgan fingerprint density at radius 2 is 1.08 bits per heavy atom. The third-order valence-electron chi connectivity index (χ3n) is 10.6. The largest absolute Gasteiger partial charge is 0.292 e. The molecule has 1 aliphatic carbocycles. The molecule has 7 aromatic carbocycles. The van der Waals surface area contributed by atoms with Crippen LogP contribution in [0.3, 0.4) is 0 Å². The quantitative estimate of drug-likeness (QED) is 0.179. The van der Waals surface area contributed by atoms with Gasteiger partial charge in [-0.15, -0.1) is 0 Å². The Balaban J connectivity index is 1.06. The highest BCUT2D eigenvalue weighted by Gasteiger charge is 2.35. The van der Waals surface area contributed by atoms with Crippen molar-refractivity contribution in [3.05, 3.63) is 175 Å². The molecule has 1 aliphatic rings.